The molecule has 0 saturated carbocycles. The van der Waals surface area contributed by atoms with Gasteiger partial charge in [0, 0.05) is 29.9 Å². The molecule has 0 spiro atoms. The quantitative estimate of drug-likeness (QED) is 0.578. The highest BCUT2D eigenvalue weighted by atomic mass is 32.2. The monoisotopic (exact) mass is 448 g/mol. The molecule has 0 bridgehead atoms. The van der Waals surface area contributed by atoms with E-state index < -0.39 is 10.0 Å². The van der Waals surface area contributed by atoms with Crippen LogP contribution in [-0.2, 0) is 10.0 Å². The van der Waals surface area contributed by atoms with Gasteiger partial charge in [-0.2, -0.15) is 4.31 Å². The van der Waals surface area contributed by atoms with Crippen molar-refractivity contribution in [3.63, 3.8) is 0 Å². The summed E-state index contributed by atoms with van der Waals surface area (Å²) in [7, 11) is -3.65. The number of piperidine rings is 1. The van der Waals surface area contributed by atoms with Crippen LogP contribution < -0.4 is 5.32 Å². The van der Waals surface area contributed by atoms with E-state index in [4.69, 9.17) is 0 Å². The summed E-state index contributed by atoms with van der Waals surface area (Å²) in [6.07, 6.45) is 1.02. The first kappa shape index (κ1) is 22.2. The highest BCUT2D eigenvalue weighted by Gasteiger charge is 2.32. The van der Waals surface area contributed by atoms with Crippen LogP contribution in [0.4, 0.5) is 5.69 Å². The molecule has 1 aliphatic heterocycles. The molecule has 1 amide bonds. The second-order valence-electron chi connectivity index (χ2n) is 8.66. The maximum absolute atomic E-state index is 13.2. The van der Waals surface area contributed by atoms with Crippen LogP contribution >= 0.6 is 0 Å². The van der Waals surface area contributed by atoms with Gasteiger partial charge in [0.2, 0.25) is 10.0 Å². The lowest BCUT2D eigenvalue weighted by Crippen LogP contribution is -2.42. The molecule has 1 aliphatic rings. The molecule has 1 fully saturated rings. The minimum Gasteiger partial charge on any atom is -0.321 e. The first-order valence-electron chi connectivity index (χ1n) is 10.9. The van der Waals surface area contributed by atoms with Crippen molar-refractivity contribution in [2.24, 2.45) is 11.8 Å². The molecule has 32 heavy (non-hydrogen) atoms. The summed E-state index contributed by atoms with van der Waals surface area (Å²) >= 11 is 0. The predicted molar refractivity (Wildman–Crippen MR) is 128 cm³/mol. The third-order valence-electron chi connectivity index (χ3n) is 5.83. The zero-order valence-electron chi connectivity index (χ0n) is 18.4. The lowest BCUT2D eigenvalue weighted by atomic mass is 9.94. The molecule has 0 aliphatic carbocycles. The van der Waals surface area contributed by atoms with Crippen LogP contribution in [0.1, 0.15) is 30.6 Å². The summed E-state index contributed by atoms with van der Waals surface area (Å²) in [5.74, 6) is 0.287. The molecule has 1 N–H and O–H groups in total. The molecule has 3 aromatic rings. The Bertz CT molecular complexity index is 1200. The van der Waals surface area contributed by atoms with Gasteiger partial charge in [0.1, 0.15) is 0 Å². The molecule has 0 radical (unpaired) electrons. The highest BCUT2D eigenvalue weighted by molar-refractivity contribution is 7.89. The number of carbonyl (C=O) groups excluding carboxylic acids is 1. The van der Waals surface area contributed by atoms with Crippen molar-refractivity contribution in [3.8, 4) is 11.1 Å². The minimum absolute atomic E-state index is 0.155. The molecule has 4 rings (SSSR count). The number of nitrogens with one attached hydrogen (secondary N) is 1. The van der Waals surface area contributed by atoms with Crippen molar-refractivity contribution in [2.75, 3.05) is 18.4 Å². The Balaban J connectivity index is 1.59. The number of amides is 1. The average Bonchev–Trinajstić information content (AvgIpc) is 2.79. The van der Waals surface area contributed by atoms with E-state index in [1.165, 1.54) is 6.07 Å². The molecule has 2 atom stereocenters. The summed E-state index contributed by atoms with van der Waals surface area (Å²) in [5, 5.41) is 2.95. The van der Waals surface area contributed by atoms with Crippen molar-refractivity contribution in [1.82, 2.24) is 4.31 Å². The number of rotatable bonds is 5. The normalized spacial score (nSPS) is 19.4. The van der Waals surface area contributed by atoms with Crippen LogP contribution in [0.3, 0.4) is 0 Å². The smallest absolute Gasteiger partial charge is 0.255 e. The Morgan fingerprint density at radius 2 is 1.53 bits per heavy atom. The number of sulfonamides is 1. The lowest BCUT2D eigenvalue weighted by molar-refractivity contribution is 0.102. The van der Waals surface area contributed by atoms with E-state index in [1.807, 2.05) is 54.6 Å². The number of hydrogen-bond donors (Lipinski definition) is 1. The van der Waals surface area contributed by atoms with Gasteiger partial charge < -0.3 is 5.32 Å². The molecule has 166 valence electrons. The summed E-state index contributed by atoms with van der Waals surface area (Å²) in [5.41, 5.74) is 2.89. The number of carbonyl (C=O) groups is 1. The van der Waals surface area contributed by atoms with Gasteiger partial charge in [-0.05, 0) is 48.1 Å². The molecule has 1 heterocycles. The topological polar surface area (TPSA) is 66.5 Å². The summed E-state index contributed by atoms with van der Waals surface area (Å²) < 4.78 is 28.0. The van der Waals surface area contributed by atoms with Gasteiger partial charge in [0.15, 0.2) is 0 Å². The maximum Gasteiger partial charge on any atom is 0.255 e. The Morgan fingerprint density at radius 3 is 2.25 bits per heavy atom. The molecule has 0 aromatic heterocycles. The lowest BCUT2D eigenvalue weighted by Gasteiger charge is -2.34. The van der Waals surface area contributed by atoms with E-state index in [-0.39, 0.29) is 10.8 Å². The van der Waals surface area contributed by atoms with Crippen LogP contribution in [0.5, 0.6) is 0 Å². The second-order valence-corrected chi connectivity index (χ2v) is 10.6. The largest absolute Gasteiger partial charge is 0.321 e. The molecule has 2 unspecified atom stereocenters. The van der Waals surface area contributed by atoms with Crippen LogP contribution in [-0.4, -0.2) is 31.7 Å². The number of hydrogen-bond acceptors (Lipinski definition) is 3. The number of nitrogens with zero attached hydrogens (tertiary/aromatic N) is 1. The average molecular weight is 449 g/mol. The summed E-state index contributed by atoms with van der Waals surface area (Å²) in [6.45, 7) is 5.17. The highest BCUT2D eigenvalue weighted by Crippen LogP contribution is 2.29. The van der Waals surface area contributed by atoms with Crippen molar-refractivity contribution < 1.29 is 13.2 Å². The predicted octanol–water partition coefficient (Wildman–Crippen LogP) is 5.27. The molecule has 5 nitrogen and oxygen atoms in total. The van der Waals surface area contributed by atoms with Gasteiger partial charge in [-0.15, -0.1) is 0 Å². The minimum atomic E-state index is -3.65. The third kappa shape index (κ3) is 4.76. The van der Waals surface area contributed by atoms with Gasteiger partial charge in [-0.25, -0.2) is 8.42 Å². The number of anilines is 1. The van der Waals surface area contributed by atoms with E-state index >= 15 is 0 Å². The fraction of sp³-hybridized carbons (Fsp3) is 0.269. The second kappa shape index (κ2) is 9.27. The standard InChI is InChI=1S/C26H28N2O3S/c1-19-15-20(2)18-28(17-19)32(30,31)23-12-8-11-22(16-23)26(29)27-25-14-7-6-13-24(25)21-9-4-3-5-10-21/h3-14,16,19-20H,15,17-18H2,1-2H3,(H,27,29). The van der Waals surface area contributed by atoms with Crippen LogP contribution in [0.25, 0.3) is 11.1 Å². The van der Waals surface area contributed by atoms with E-state index in [1.54, 1.807) is 22.5 Å². The fourth-order valence-corrected chi connectivity index (χ4v) is 6.13. The van der Waals surface area contributed by atoms with Crippen molar-refractivity contribution >= 4 is 21.6 Å². The van der Waals surface area contributed by atoms with E-state index in [2.05, 4.69) is 19.2 Å². The SMILES string of the molecule is CC1CC(C)CN(S(=O)(=O)c2cccc(C(=O)Nc3ccccc3-c3ccccc3)c2)C1. The third-order valence-corrected chi connectivity index (χ3v) is 7.66. The van der Waals surface area contributed by atoms with Crippen LogP contribution in [0.15, 0.2) is 83.8 Å². The van der Waals surface area contributed by atoms with Gasteiger partial charge in [0.25, 0.3) is 5.91 Å². The molecule has 3 aromatic carbocycles. The molecular formula is C26H28N2O3S. The fourth-order valence-electron chi connectivity index (χ4n) is 4.40. The maximum atomic E-state index is 13.2. The molecular weight excluding hydrogens is 420 g/mol. The van der Waals surface area contributed by atoms with Gasteiger partial charge >= 0.3 is 0 Å². The first-order valence-corrected chi connectivity index (χ1v) is 12.3. The molecule has 1 saturated heterocycles. The first-order chi connectivity index (χ1) is 15.3. The Labute approximate surface area is 190 Å². The Morgan fingerprint density at radius 1 is 0.875 bits per heavy atom. The Kier molecular flexibility index (Phi) is 6.44. The van der Waals surface area contributed by atoms with Gasteiger partial charge in [-0.3, -0.25) is 4.79 Å². The van der Waals surface area contributed by atoms with Gasteiger partial charge in [-0.1, -0.05) is 68.4 Å². The van der Waals surface area contributed by atoms with Gasteiger partial charge in [0.05, 0.1) is 4.90 Å². The van der Waals surface area contributed by atoms with Crippen molar-refractivity contribution in [2.45, 2.75) is 25.2 Å². The van der Waals surface area contributed by atoms with Crippen LogP contribution in [0.2, 0.25) is 0 Å². The number of benzene rings is 3. The zero-order valence-corrected chi connectivity index (χ0v) is 19.2. The number of para-hydroxylation sites is 1. The van der Waals surface area contributed by atoms with Crippen LogP contribution in [0, 0.1) is 11.8 Å². The Hall–Kier alpha value is -2.96. The summed E-state index contributed by atoms with van der Waals surface area (Å²) in [6, 6.07) is 23.7. The van der Waals surface area contributed by atoms with Crippen molar-refractivity contribution in [1.29, 1.82) is 0 Å². The molecule has 6 heteroatoms. The van der Waals surface area contributed by atoms with E-state index in [9.17, 15) is 13.2 Å². The van der Waals surface area contributed by atoms with Crippen molar-refractivity contribution in [3.05, 3.63) is 84.4 Å². The zero-order chi connectivity index (χ0) is 22.7. The summed E-state index contributed by atoms with van der Waals surface area (Å²) in [4.78, 5) is 13.2. The van der Waals surface area contributed by atoms with E-state index in [0.717, 1.165) is 17.5 Å². The van der Waals surface area contributed by atoms with E-state index in [0.29, 0.717) is 36.2 Å².